The Morgan fingerprint density at radius 1 is 1.24 bits per heavy atom. The molecular formula is C15H13FN4O. The number of nitrogens with zero attached hydrogens (tertiary/aromatic N) is 4. The van der Waals surface area contributed by atoms with Gasteiger partial charge in [-0.1, -0.05) is 0 Å². The van der Waals surface area contributed by atoms with Crippen LogP contribution in [0.1, 0.15) is 10.4 Å². The first-order valence-electron chi connectivity index (χ1n) is 6.36. The van der Waals surface area contributed by atoms with Gasteiger partial charge in [-0.2, -0.15) is 4.98 Å². The molecule has 0 saturated carbocycles. The van der Waals surface area contributed by atoms with Crippen LogP contribution in [0.4, 0.5) is 10.2 Å². The molecule has 5 nitrogen and oxygen atoms in total. The van der Waals surface area contributed by atoms with Gasteiger partial charge in [-0.3, -0.25) is 9.36 Å². The van der Waals surface area contributed by atoms with Gasteiger partial charge in [0, 0.05) is 37.4 Å². The van der Waals surface area contributed by atoms with Crippen molar-refractivity contribution < 1.29 is 9.18 Å². The lowest BCUT2D eigenvalue weighted by molar-refractivity contribution is 0.112. The third-order valence-electron chi connectivity index (χ3n) is 3.13. The zero-order valence-electron chi connectivity index (χ0n) is 11.6. The Hall–Kier alpha value is -2.76. The van der Waals surface area contributed by atoms with E-state index in [1.54, 1.807) is 34.0 Å². The molecule has 106 valence electrons. The summed E-state index contributed by atoms with van der Waals surface area (Å²) in [5, 5.41) is 0.645. The summed E-state index contributed by atoms with van der Waals surface area (Å²) in [6.07, 6.45) is 4.13. The van der Waals surface area contributed by atoms with E-state index in [4.69, 9.17) is 0 Å². The number of halogens is 1. The minimum atomic E-state index is -0.328. The molecule has 3 aromatic rings. The van der Waals surface area contributed by atoms with Crippen LogP contribution >= 0.6 is 0 Å². The van der Waals surface area contributed by atoms with Crippen LogP contribution in [0.3, 0.4) is 0 Å². The molecule has 0 amide bonds. The number of benzene rings is 1. The topological polar surface area (TPSA) is 51.0 Å². The van der Waals surface area contributed by atoms with Crippen LogP contribution < -0.4 is 4.90 Å². The van der Waals surface area contributed by atoms with Gasteiger partial charge in [0.1, 0.15) is 11.6 Å². The number of hydrogen-bond acceptors (Lipinski definition) is 4. The van der Waals surface area contributed by atoms with E-state index in [-0.39, 0.29) is 5.82 Å². The average Bonchev–Trinajstić information content (AvgIpc) is 2.95. The fraction of sp³-hybridized carbons (Fsp3) is 0.133. The summed E-state index contributed by atoms with van der Waals surface area (Å²) in [6.45, 7) is 0. The Labute approximate surface area is 120 Å². The zero-order valence-corrected chi connectivity index (χ0v) is 11.6. The van der Waals surface area contributed by atoms with Crippen molar-refractivity contribution >= 4 is 23.0 Å². The summed E-state index contributed by atoms with van der Waals surface area (Å²) < 4.78 is 15.1. The maximum atomic E-state index is 13.4. The van der Waals surface area contributed by atoms with E-state index in [1.807, 2.05) is 14.1 Å². The highest BCUT2D eigenvalue weighted by Crippen LogP contribution is 2.24. The molecule has 0 aliphatic carbocycles. The largest absolute Gasteiger partial charge is 0.362 e. The molecule has 0 aliphatic heterocycles. The molecule has 3 rings (SSSR count). The second-order valence-electron chi connectivity index (χ2n) is 4.87. The lowest BCUT2D eigenvalue weighted by Crippen LogP contribution is -2.13. The average molecular weight is 284 g/mol. The Morgan fingerprint density at radius 2 is 2.05 bits per heavy atom. The van der Waals surface area contributed by atoms with E-state index in [1.165, 1.54) is 12.1 Å². The van der Waals surface area contributed by atoms with Gasteiger partial charge in [0.25, 0.3) is 0 Å². The summed E-state index contributed by atoms with van der Waals surface area (Å²) in [5.41, 5.74) is 1.19. The van der Waals surface area contributed by atoms with Crippen molar-refractivity contribution in [2.45, 2.75) is 0 Å². The number of hydrogen-bond donors (Lipinski definition) is 0. The number of anilines is 1. The van der Waals surface area contributed by atoms with Crippen molar-refractivity contribution in [2.24, 2.45) is 0 Å². The van der Waals surface area contributed by atoms with E-state index in [2.05, 4.69) is 9.97 Å². The van der Waals surface area contributed by atoms with Crippen LogP contribution in [0.5, 0.6) is 0 Å². The summed E-state index contributed by atoms with van der Waals surface area (Å²) >= 11 is 0. The highest BCUT2D eigenvalue weighted by atomic mass is 19.1. The third kappa shape index (κ3) is 2.35. The lowest BCUT2D eigenvalue weighted by Gasteiger charge is -2.15. The smallest absolute Gasteiger partial charge is 0.236 e. The Balaban J connectivity index is 2.25. The highest BCUT2D eigenvalue weighted by molar-refractivity contribution is 5.90. The van der Waals surface area contributed by atoms with E-state index >= 15 is 0 Å². The van der Waals surface area contributed by atoms with E-state index in [0.29, 0.717) is 28.2 Å². The minimum Gasteiger partial charge on any atom is -0.362 e. The fourth-order valence-corrected chi connectivity index (χ4v) is 2.14. The van der Waals surface area contributed by atoms with Crippen molar-refractivity contribution in [3.63, 3.8) is 0 Å². The van der Waals surface area contributed by atoms with Crippen LogP contribution in [0.15, 0.2) is 36.7 Å². The molecule has 6 heteroatoms. The monoisotopic (exact) mass is 284 g/mol. The molecule has 2 heterocycles. The second-order valence-corrected chi connectivity index (χ2v) is 4.87. The van der Waals surface area contributed by atoms with Crippen LogP contribution in [0, 0.1) is 5.82 Å². The van der Waals surface area contributed by atoms with Gasteiger partial charge in [0.2, 0.25) is 5.95 Å². The Morgan fingerprint density at radius 3 is 2.71 bits per heavy atom. The molecule has 0 aliphatic rings. The molecule has 2 aromatic heterocycles. The first-order valence-corrected chi connectivity index (χ1v) is 6.36. The molecule has 21 heavy (non-hydrogen) atoms. The van der Waals surface area contributed by atoms with Crippen LogP contribution in [-0.2, 0) is 0 Å². The number of fused-ring (bicyclic) bond motifs is 1. The number of carbonyl (C=O) groups is 1. The maximum Gasteiger partial charge on any atom is 0.236 e. The molecule has 0 spiro atoms. The van der Waals surface area contributed by atoms with E-state index in [9.17, 15) is 9.18 Å². The predicted octanol–water partition coefficient (Wildman–Crippen LogP) is 2.44. The summed E-state index contributed by atoms with van der Waals surface area (Å²) in [4.78, 5) is 21.4. The first-order chi connectivity index (χ1) is 10.1. The zero-order chi connectivity index (χ0) is 15.0. The fourth-order valence-electron chi connectivity index (χ4n) is 2.14. The van der Waals surface area contributed by atoms with Crippen molar-refractivity contribution in [2.75, 3.05) is 19.0 Å². The maximum absolute atomic E-state index is 13.4. The number of aldehydes is 1. The van der Waals surface area contributed by atoms with Crippen LogP contribution in [0.25, 0.3) is 16.9 Å². The van der Waals surface area contributed by atoms with Gasteiger partial charge >= 0.3 is 0 Å². The van der Waals surface area contributed by atoms with Crippen LogP contribution in [-0.4, -0.2) is 34.9 Å². The number of aromatic nitrogens is 3. The van der Waals surface area contributed by atoms with Crippen molar-refractivity contribution in [3.05, 3.63) is 48.0 Å². The van der Waals surface area contributed by atoms with E-state index in [0.717, 1.165) is 6.29 Å². The summed E-state index contributed by atoms with van der Waals surface area (Å²) in [6, 6.07) is 6.08. The van der Waals surface area contributed by atoms with Crippen LogP contribution in [0.2, 0.25) is 0 Å². The van der Waals surface area contributed by atoms with Gasteiger partial charge in [-0.25, -0.2) is 9.37 Å². The molecule has 0 atom stereocenters. The standard InChI is InChI=1S/C15H13FN4O/c1-19(2)14-12-7-11(16)3-4-13(12)17-15(18-14)20-6-5-10(8-20)9-21/h3-9H,1-2H3. The van der Waals surface area contributed by atoms with Crippen molar-refractivity contribution in [1.82, 2.24) is 14.5 Å². The van der Waals surface area contributed by atoms with Crippen molar-refractivity contribution in [1.29, 1.82) is 0 Å². The Kier molecular flexibility index (Phi) is 3.13. The number of carbonyl (C=O) groups excluding carboxylic acids is 1. The Bertz CT molecular complexity index is 826. The lowest BCUT2D eigenvalue weighted by atomic mass is 10.2. The van der Waals surface area contributed by atoms with Gasteiger partial charge in [0.05, 0.1) is 5.52 Å². The minimum absolute atomic E-state index is 0.328. The van der Waals surface area contributed by atoms with Gasteiger partial charge in [-0.15, -0.1) is 0 Å². The molecule has 0 radical (unpaired) electrons. The van der Waals surface area contributed by atoms with Gasteiger partial charge < -0.3 is 4.90 Å². The molecule has 0 N–H and O–H groups in total. The summed E-state index contributed by atoms with van der Waals surface area (Å²) in [5.74, 6) is 0.730. The second kappa shape index (κ2) is 4.97. The molecule has 0 bridgehead atoms. The number of rotatable bonds is 3. The molecular weight excluding hydrogens is 271 g/mol. The van der Waals surface area contributed by atoms with Gasteiger partial charge in [-0.05, 0) is 24.3 Å². The SMILES string of the molecule is CN(C)c1nc(-n2ccc(C=O)c2)nc2ccc(F)cc12. The molecule has 0 unspecified atom stereocenters. The van der Waals surface area contributed by atoms with Crippen molar-refractivity contribution in [3.8, 4) is 5.95 Å². The third-order valence-corrected chi connectivity index (χ3v) is 3.13. The molecule has 0 saturated heterocycles. The van der Waals surface area contributed by atoms with Gasteiger partial charge in [0.15, 0.2) is 6.29 Å². The predicted molar refractivity (Wildman–Crippen MR) is 78.5 cm³/mol. The first kappa shape index (κ1) is 13.2. The molecule has 1 aromatic carbocycles. The summed E-state index contributed by atoms with van der Waals surface area (Å²) in [7, 11) is 3.67. The normalized spacial score (nSPS) is 10.8. The van der Waals surface area contributed by atoms with E-state index < -0.39 is 0 Å². The highest BCUT2D eigenvalue weighted by Gasteiger charge is 2.11. The quantitative estimate of drug-likeness (QED) is 0.693. The molecule has 0 fully saturated rings.